The molecule has 1 aromatic carbocycles. The molecule has 0 bridgehead atoms. The fourth-order valence-corrected chi connectivity index (χ4v) is 2.99. The van der Waals surface area contributed by atoms with E-state index in [9.17, 15) is 13.6 Å². The number of nitrogens with one attached hydrogen (secondary N) is 1. The first-order chi connectivity index (χ1) is 13.5. The summed E-state index contributed by atoms with van der Waals surface area (Å²) in [6.45, 7) is 1.82. The minimum atomic E-state index is -0.922. The topological polar surface area (TPSA) is 77.1 Å². The van der Waals surface area contributed by atoms with Crippen LogP contribution in [0.5, 0.6) is 0 Å². The molecule has 4 rings (SSSR count). The number of hydrogen-bond donors (Lipinski definition) is 1. The standard InChI is InChI=1S/C18H13ClF2N6O/c1-10(17-25-24-15-4-2-3-7-26(15)17)23-13-9-22-27(18(28)16(13)19)14-6-5-11(20)8-12(14)21/h2-10,23H,1H3. The Bertz CT molecular complexity index is 1240. The van der Waals surface area contributed by atoms with Crippen LogP contribution in [-0.2, 0) is 0 Å². The Morgan fingerprint density at radius 3 is 2.79 bits per heavy atom. The van der Waals surface area contributed by atoms with Gasteiger partial charge in [0.2, 0.25) is 0 Å². The van der Waals surface area contributed by atoms with E-state index < -0.39 is 17.2 Å². The predicted molar refractivity (Wildman–Crippen MR) is 99.8 cm³/mol. The fourth-order valence-electron chi connectivity index (χ4n) is 2.81. The van der Waals surface area contributed by atoms with Gasteiger partial charge in [0.05, 0.1) is 17.9 Å². The average molecular weight is 403 g/mol. The number of nitrogens with zero attached hydrogens (tertiary/aromatic N) is 5. The van der Waals surface area contributed by atoms with Crippen molar-refractivity contribution in [2.45, 2.75) is 13.0 Å². The maximum atomic E-state index is 14.0. The minimum Gasteiger partial charge on any atom is -0.373 e. The lowest BCUT2D eigenvalue weighted by Gasteiger charge is -2.15. The highest BCUT2D eigenvalue weighted by atomic mass is 35.5. The number of halogens is 3. The highest BCUT2D eigenvalue weighted by Gasteiger charge is 2.18. The Labute approximate surface area is 162 Å². The van der Waals surface area contributed by atoms with E-state index in [1.807, 2.05) is 31.3 Å². The van der Waals surface area contributed by atoms with Gasteiger partial charge in [-0.1, -0.05) is 17.7 Å². The molecule has 142 valence electrons. The van der Waals surface area contributed by atoms with Crippen molar-refractivity contribution < 1.29 is 8.78 Å². The number of pyridine rings is 1. The zero-order chi connectivity index (χ0) is 19.8. The second-order valence-electron chi connectivity index (χ2n) is 6.04. The first-order valence-corrected chi connectivity index (χ1v) is 8.63. The molecule has 3 heterocycles. The summed E-state index contributed by atoms with van der Waals surface area (Å²) in [5.74, 6) is -1.07. The van der Waals surface area contributed by atoms with Crippen molar-refractivity contribution in [2.24, 2.45) is 0 Å². The van der Waals surface area contributed by atoms with Crippen molar-refractivity contribution in [2.75, 3.05) is 5.32 Å². The van der Waals surface area contributed by atoms with Crippen molar-refractivity contribution >= 4 is 22.9 Å². The third kappa shape index (κ3) is 3.09. The maximum Gasteiger partial charge on any atom is 0.292 e. The van der Waals surface area contributed by atoms with Crippen LogP contribution in [0.4, 0.5) is 14.5 Å². The van der Waals surface area contributed by atoms with Crippen LogP contribution in [0.2, 0.25) is 5.02 Å². The Balaban J connectivity index is 1.68. The van der Waals surface area contributed by atoms with Gasteiger partial charge in [0.1, 0.15) is 16.5 Å². The van der Waals surface area contributed by atoms with Gasteiger partial charge >= 0.3 is 0 Å². The minimum absolute atomic E-state index is 0.181. The van der Waals surface area contributed by atoms with Crippen LogP contribution in [0.3, 0.4) is 0 Å². The van der Waals surface area contributed by atoms with Crippen molar-refractivity contribution in [3.05, 3.63) is 81.6 Å². The Morgan fingerprint density at radius 1 is 1.18 bits per heavy atom. The molecule has 0 fully saturated rings. The average Bonchev–Trinajstić information content (AvgIpc) is 3.11. The van der Waals surface area contributed by atoms with Gasteiger partial charge in [0.15, 0.2) is 17.3 Å². The van der Waals surface area contributed by atoms with Gasteiger partial charge in [-0.15, -0.1) is 10.2 Å². The molecule has 0 amide bonds. The van der Waals surface area contributed by atoms with E-state index in [0.29, 0.717) is 17.5 Å². The molecule has 0 aliphatic carbocycles. The largest absolute Gasteiger partial charge is 0.373 e. The molecule has 1 atom stereocenters. The quantitative estimate of drug-likeness (QED) is 0.566. The molecule has 10 heteroatoms. The van der Waals surface area contributed by atoms with Gasteiger partial charge in [0.25, 0.3) is 5.56 Å². The lowest BCUT2D eigenvalue weighted by molar-refractivity contribution is 0.570. The SMILES string of the molecule is CC(Nc1cnn(-c2ccc(F)cc2F)c(=O)c1Cl)c1nnc2ccccn12. The van der Waals surface area contributed by atoms with E-state index in [4.69, 9.17) is 11.6 Å². The monoisotopic (exact) mass is 402 g/mol. The smallest absolute Gasteiger partial charge is 0.292 e. The van der Waals surface area contributed by atoms with Crippen LogP contribution in [0.15, 0.2) is 53.6 Å². The number of rotatable bonds is 4. The van der Waals surface area contributed by atoms with E-state index in [1.165, 1.54) is 6.20 Å². The zero-order valence-corrected chi connectivity index (χ0v) is 15.2. The summed E-state index contributed by atoms with van der Waals surface area (Å²) >= 11 is 6.18. The number of anilines is 1. The van der Waals surface area contributed by atoms with E-state index in [-0.39, 0.29) is 22.4 Å². The molecular formula is C18H13ClF2N6O. The lowest BCUT2D eigenvalue weighted by atomic mass is 10.3. The molecule has 3 aromatic heterocycles. The summed E-state index contributed by atoms with van der Waals surface area (Å²) in [5, 5.41) is 15.1. The summed E-state index contributed by atoms with van der Waals surface area (Å²) in [4.78, 5) is 12.5. The molecule has 0 aliphatic rings. The Kier molecular flexibility index (Phi) is 4.52. The molecular weight excluding hydrogens is 390 g/mol. The first-order valence-electron chi connectivity index (χ1n) is 8.25. The molecule has 0 spiro atoms. The van der Waals surface area contributed by atoms with Gasteiger partial charge in [-0.05, 0) is 31.2 Å². The lowest BCUT2D eigenvalue weighted by Crippen LogP contribution is -2.24. The Hall–Kier alpha value is -3.33. The van der Waals surface area contributed by atoms with Crippen LogP contribution in [0.1, 0.15) is 18.8 Å². The van der Waals surface area contributed by atoms with E-state index in [1.54, 1.807) is 4.40 Å². The van der Waals surface area contributed by atoms with Crippen LogP contribution in [0, 0.1) is 11.6 Å². The van der Waals surface area contributed by atoms with Crippen molar-refractivity contribution in [1.82, 2.24) is 24.4 Å². The second kappa shape index (κ2) is 7.01. The van der Waals surface area contributed by atoms with Gasteiger partial charge in [0, 0.05) is 12.3 Å². The van der Waals surface area contributed by atoms with Gasteiger partial charge in [-0.3, -0.25) is 9.20 Å². The summed E-state index contributed by atoms with van der Waals surface area (Å²) in [7, 11) is 0. The van der Waals surface area contributed by atoms with Crippen LogP contribution < -0.4 is 10.9 Å². The zero-order valence-electron chi connectivity index (χ0n) is 14.5. The second-order valence-corrected chi connectivity index (χ2v) is 6.42. The Morgan fingerprint density at radius 2 is 2.00 bits per heavy atom. The molecule has 1 unspecified atom stereocenters. The van der Waals surface area contributed by atoms with E-state index >= 15 is 0 Å². The highest BCUT2D eigenvalue weighted by Crippen LogP contribution is 2.23. The van der Waals surface area contributed by atoms with Crippen LogP contribution in [-0.4, -0.2) is 24.4 Å². The normalized spacial score (nSPS) is 12.3. The molecule has 0 saturated heterocycles. The third-order valence-corrected chi connectivity index (χ3v) is 4.52. The van der Waals surface area contributed by atoms with Crippen LogP contribution in [0.25, 0.3) is 11.3 Å². The summed E-state index contributed by atoms with van der Waals surface area (Å²) in [5.41, 5.74) is -0.00461. The van der Waals surface area contributed by atoms with Gasteiger partial charge < -0.3 is 5.32 Å². The van der Waals surface area contributed by atoms with Crippen molar-refractivity contribution in [1.29, 1.82) is 0 Å². The van der Waals surface area contributed by atoms with Gasteiger partial charge in [-0.25, -0.2) is 8.78 Å². The number of benzene rings is 1. The summed E-state index contributed by atoms with van der Waals surface area (Å²) in [6.07, 6.45) is 3.12. The first kappa shape index (κ1) is 18.1. The predicted octanol–water partition coefficient (Wildman–Crippen LogP) is 3.38. The van der Waals surface area contributed by atoms with Gasteiger partial charge in [-0.2, -0.15) is 9.78 Å². The maximum absolute atomic E-state index is 14.0. The van der Waals surface area contributed by atoms with Crippen LogP contribution >= 0.6 is 11.6 Å². The molecule has 0 saturated carbocycles. The molecule has 28 heavy (non-hydrogen) atoms. The van der Waals surface area contributed by atoms with E-state index in [0.717, 1.165) is 16.8 Å². The number of hydrogen-bond acceptors (Lipinski definition) is 5. The van der Waals surface area contributed by atoms with Crippen molar-refractivity contribution in [3.8, 4) is 5.69 Å². The fraction of sp³-hybridized carbons (Fsp3) is 0.111. The highest BCUT2D eigenvalue weighted by molar-refractivity contribution is 6.32. The summed E-state index contributed by atoms with van der Waals surface area (Å²) < 4.78 is 29.7. The molecule has 0 aliphatic heterocycles. The molecule has 0 radical (unpaired) electrons. The number of aromatic nitrogens is 5. The van der Waals surface area contributed by atoms with E-state index in [2.05, 4.69) is 20.6 Å². The van der Waals surface area contributed by atoms with Crippen molar-refractivity contribution in [3.63, 3.8) is 0 Å². The molecule has 7 nitrogen and oxygen atoms in total. The molecule has 4 aromatic rings. The third-order valence-electron chi connectivity index (χ3n) is 4.16. The molecule has 1 N–H and O–H groups in total. The number of fused-ring (bicyclic) bond motifs is 1. The summed E-state index contributed by atoms with van der Waals surface area (Å²) in [6, 6.07) is 7.98.